The minimum atomic E-state index is -0.793. The Morgan fingerprint density at radius 1 is 1.33 bits per heavy atom. The highest BCUT2D eigenvalue weighted by Crippen LogP contribution is 2.31. The second-order valence-electron chi connectivity index (χ2n) is 5.36. The maximum Gasteiger partial charge on any atom is 0.321 e. The molecule has 5 nitrogen and oxygen atoms in total. The summed E-state index contributed by atoms with van der Waals surface area (Å²) in [6.45, 7) is 0.349. The molecule has 0 heterocycles. The highest BCUT2D eigenvalue weighted by atomic mass is 19.1. The molecular weight excluding hydrogens is 275 g/mol. The van der Waals surface area contributed by atoms with Crippen LogP contribution in [-0.2, 0) is 4.79 Å². The van der Waals surface area contributed by atoms with E-state index >= 15 is 0 Å². The smallest absolute Gasteiger partial charge is 0.321 e. The predicted molar refractivity (Wildman–Crippen MR) is 76.7 cm³/mol. The van der Waals surface area contributed by atoms with Gasteiger partial charge in [-0.25, -0.2) is 9.18 Å². The average Bonchev–Trinajstić information content (AvgIpc) is 2.93. The molecule has 2 rings (SSSR count). The SMILES string of the molecule is CN(C(=O)NCC1CCCC1C(=O)O)c1ccc(F)cc1. The molecule has 114 valence electrons. The van der Waals surface area contributed by atoms with Crippen LogP contribution in [0.15, 0.2) is 24.3 Å². The molecule has 2 amide bonds. The Morgan fingerprint density at radius 2 is 2.00 bits per heavy atom. The third-order valence-electron chi connectivity index (χ3n) is 4.01. The number of urea groups is 1. The van der Waals surface area contributed by atoms with Crippen LogP contribution < -0.4 is 10.2 Å². The van der Waals surface area contributed by atoms with E-state index in [9.17, 15) is 14.0 Å². The van der Waals surface area contributed by atoms with Gasteiger partial charge in [0.1, 0.15) is 5.82 Å². The first-order chi connectivity index (χ1) is 9.99. The predicted octanol–water partition coefficient (Wildman–Crippen LogP) is 2.47. The lowest BCUT2D eigenvalue weighted by Crippen LogP contribution is -2.41. The van der Waals surface area contributed by atoms with Crippen molar-refractivity contribution in [2.75, 3.05) is 18.5 Å². The van der Waals surface area contributed by atoms with Crippen molar-refractivity contribution in [2.45, 2.75) is 19.3 Å². The molecule has 1 aromatic rings. The van der Waals surface area contributed by atoms with E-state index in [1.165, 1.54) is 29.2 Å². The average molecular weight is 294 g/mol. The minimum absolute atomic E-state index is 0.0203. The molecule has 1 aliphatic carbocycles. The first-order valence-electron chi connectivity index (χ1n) is 6.99. The highest BCUT2D eigenvalue weighted by Gasteiger charge is 2.33. The second-order valence-corrected chi connectivity index (χ2v) is 5.36. The van der Waals surface area contributed by atoms with Crippen LogP contribution in [0.25, 0.3) is 0 Å². The maximum atomic E-state index is 12.8. The van der Waals surface area contributed by atoms with Gasteiger partial charge in [-0.15, -0.1) is 0 Å². The first-order valence-corrected chi connectivity index (χ1v) is 6.99. The summed E-state index contributed by atoms with van der Waals surface area (Å²) < 4.78 is 12.8. The lowest BCUT2D eigenvalue weighted by Gasteiger charge is -2.21. The Morgan fingerprint density at radius 3 is 2.62 bits per heavy atom. The summed E-state index contributed by atoms with van der Waals surface area (Å²) in [4.78, 5) is 24.5. The summed E-state index contributed by atoms with van der Waals surface area (Å²) in [6.07, 6.45) is 2.37. The zero-order chi connectivity index (χ0) is 15.4. The number of hydrogen-bond donors (Lipinski definition) is 2. The molecule has 2 unspecified atom stereocenters. The number of carboxylic acid groups (broad SMARTS) is 1. The molecular formula is C15H19FN2O3. The van der Waals surface area contributed by atoms with Crippen LogP contribution in [0.4, 0.5) is 14.9 Å². The molecule has 2 N–H and O–H groups in total. The van der Waals surface area contributed by atoms with Crippen LogP contribution in [0.1, 0.15) is 19.3 Å². The monoisotopic (exact) mass is 294 g/mol. The second kappa shape index (κ2) is 6.56. The Labute approximate surface area is 122 Å². The molecule has 0 aromatic heterocycles. The van der Waals surface area contributed by atoms with Crippen molar-refractivity contribution in [3.05, 3.63) is 30.1 Å². The van der Waals surface area contributed by atoms with E-state index in [0.717, 1.165) is 12.8 Å². The molecule has 1 aromatic carbocycles. The van der Waals surface area contributed by atoms with Crippen molar-refractivity contribution in [3.63, 3.8) is 0 Å². The van der Waals surface area contributed by atoms with E-state index in [1.807, 2.05) is 0 Å². The molecule has 0 aliphatic heterocycles. The van der Waals surface area contributed by atoms with Gasteiger partial charge in [0.15, 0.2) is 0 Å². The Kier molecular flexibility index (Phi) is 4.77. The number of anilines is 1. The van der Waals surface area contributed by atoms with Gasteiger partial charge in [0.05, 0.1) is 5.92 Å². The van der Waals surface area contributed by atoms with Gasteiger partial charge in [-0.1, -0.05) is 6.42 Å². The van der Waals surface area contributed by atoms with Gasteiger partial charge >= 0.3 is 12.0 Å². The van der Waals surface area contributed by atoms with Gasteiger partial charge in [0.25, 0.3) is 0 Å². The zero-order valence-corrected chi connectivity index (χ0v) is 11.9. The molecule has 2 atom stereocenters. The molecule has 6 heteroatoms. The highest BCUT2D eigenvalue weighted by molar-refractivity contribution is 5.91. The number of carbonyl (C=O) groups excluding carboxylic acids is 1. The fourth-order valence-electron chi connectivity index (χ4n) is 2.73. The standard InChI is InChI=1S/C15H19FN2O3/c1-18(12-7-5-11(16)6-8-12)15(21)17-9-10-3-2-4-13(10)14(19)20/h5-8,10,13H,2-4,9H2,1H3,(H,17,21)(H,19,20). The number of nitrogens with one attached hydrogen (secondary N) is 1. The molecule has 1 saturated carbocycles. The van der Waals surface area contributed by atoms with E-state index in [2.05, 4.69) is 5.32 Å². The zero-order valence-electron chi connectivity index (χ0n) is 11.9. The summed E-state index contributed by atoms with van der Waals surface area (Å²) in [5, 5.41) is 11.9. The number of nitrogens with zero attached hydrogens (tertiary/aromatic N) is 1. The van der Waals surface area contributed by atoms with E-state index < -0.39 is 5.97 Å². The van der Waals surface area contributed by atoms with Crippen LogP contribution in [-0.4, -0.2) is 30.7 Å². The topological polar surface area (TPSA) is 69.6 Å². The van der Waals surface area contributed by atoms with E-state index in [-0.39, 0.29) is 23.7 Å². The molecule has 0 spiro atoms. The van der Waals surface area contributed by atoms with Crippen LogP contribution in [0.2, 0.25) is 0 Å². The summed E-state index contributed by atoms with van der Waals surface area (Å²) >= 11 is 0. The summed E-state index contributed by atoms with van der Waals surface area (Å²) in [5.41, 5.74) is 0.579. The quantitative estimate of drug-likeness (QED) is 0.896. The third kappa shape index (κ3) is 3.71. The Balaban J connectivity index is 1.89. The molecule has 0 bridgehead atoms. The van der Waals surface area contributed by atoms with Gasteiger partial charge in [-0.05, 0) is 43.0 Å². The number of carboxylic acids is 1. The number of amides is 2. The van der Waals surface area contributed by atoms with Gasteiger partial charge in [-0.2, -0.15) is 0 Å². The Bertz CT molecular complexity index is 518. The number of benzene rings is 1. The van der Waals surface area contributed by atoms with Gasteiger partial charge < -0.3 is 10.4 Å². The van der Waals surface area contributed by atoms with Crippen molar-refractivity contribution in [1.82, 2.24) is 5.32 Å². The van der Waals surface area contributed by atoms with Crippen molar-refractivity contribution >= 4 is 17.7 Å². The number of aliphatic carboxylic acids is 1. The van der Waals surface area contributed by atoms with Crippen molar-refractivity contribution in [3.8, 4) is 0 Å². The molecule has 1 fully saturated rings. The lowest BCUT2D eigenvalue weighted by molar-refractivity contribution is -0.142. The van der Waals surface area contributed by atoms with Crippen LogP contribution >= 0.6 is 0 Å². The van der Waals surface area contributed by atoms with Gasteiger partial charge in [-0.3, -0.25) is 9.69 Å². The molecule has 21 heavy (non-hydrogen) atoms. The molecule has 0 saturated heterocycles. The largest absolute Gasteiger partial charge is 0.481 e. The normalized spacial score (nSPS) is 21.0. The van der Waals surface area contributed by atoms with Crippen molar-refractivity contribution in [1.29, 1.82) is 0 Å². The van der Waals surface area contributed by atoms with Gasteiger partial charge in [0.2, 0.25) is 0 Å². The van der Waals surface area contributed by atoms with E-state index in [0.29, 0.717) is 18.7 Å². The first kappa shape index (κ1) is 15.3. The number of rotatable bonds is 4. The van der Waals surface area contributed by atoms with Crippen LogP contribution in [0.3, 0.4) is 0 Å². The summed E-state index contributed by atoms with van der Waals surface area (Å²) in [5.74, 6) is -1.55. The van der Waals surface area contributed by atoms with Gasteiger partial charge in [0, 0.05) is 19.3 Å². The van der Waals surface area contributed by atoms with Crippen LogP contribution in [0, 0.1) is 17.7 Å². The maximum absolute atomic E-state index is 12.8. The fourth-order valence-corrected chi connectivity index (χ4v) is 2.73. The van der Waals surface area contributed by atoms with E-state index in [1.54, 1.807) is 7.05 Å². The lowest BCUT2D eigenvalue weighted by atomic mass is 9.96. The van der Waals surface area contributed by atoms with Crippen molar-refractivity contribution in [2.24, 2.45) is 11.8 Å². The summed E-state index contributed by atoms with van der Waals surface area (Å²) in [6, 6.07) is 5.29. The number of carbonyl (C=O) groups is 2. The minimum Gasteiger partial charge on any atom is -0.481 e. The van der Waals surface area contributed by atoms with E-state index in [4.69, 9.17) is 5.11 Å². The van der Waals surface area contributed by atoms with Crippen molar-refractivity contribution < 1.29 is 19.1 Å². The van der Waals surface area contributed by atoms with Crippen LogP contribution in [0.5, 0.6) is 0 Å². The summed E-state index contributed by atoms with van der Waals surface area (Å²) in [7, 11) is 1.59. The third-order valence-corrected chi connectivity index (χ3v) is 4.01. The number of halogens is 1. The molecule has 1 aliphatic rings. The molecule has 0 radical (unpaired) electrons. The number of hydrogen-bond acceptors (Lipinski definition) is 2. The fraction of sp³-hybridized carbons (Fsp3) is 0.467. The Hall–Kier alpha value is -2.11.